The van der Waals surface area contributed by atoms with Crippen LogP contribution in [0.2, 0.25) is 0 Å². The molecule has 0 amide bonds. The summed E-state index contributed by atoms with van der Waals surface area (Å²) < 4.78 is 7.52. The molecule has 2 rings (SSSR count). The highest BCUT2D eigenvalue weighted by Gasteiger charge is 2.04. The molecular formula is C14H17NO. The average molecular weight is 215 g/mol. The maximum Gasteiger partial charge on any atom is 0.0914 e. The van der Waals surface area contributed by atoms with Crippen LogP contribution in [-0.4, -0.2) is 11.2 Å². The molecule has 0 unspecified atom stereocenters. The summed E-state index contributed by atoms with van der Waals surface area (Å²) in [5, 5.41) is 1.33. The van der Waals surface area contributed by atoms with Crippen LogP contribution in [0.5, 0.6) is 0 Å². The van der Waals surface area contributed by atoms with Gasteiger partial charge < -0.3 is 9.30 Å². The van der Waals surface area contributed by atoms with Gasteiger partial charge in [-0.25, -0.2) is 0 Å². The van der Waals surface area contributed by atoms with Gasteiger partial charge in [-0.1, -0.05) is 24.3 Å². The van der Waals surface area contributed by atoms with E-state index in [1.54, 1.807) is 6.26 Å². The Balaban J connectivity index is 2.18. The summed E-state index contributed by atoms with van der Waals surface area (Å²) in [6.07, 6.45) is 6.78. The van der Waals surface area contributed by atoms with E-state index in [1.165, 1.54) is 16.5 Å². The predicted octanol–water partition coefficient (Wildman–Crippen LogP) is 3.27. The number of aromatic nitrogens is 1. The van der Waals surface area contributed by atoms with Gasteiger partial charge in [0.05, 0.1) is 12.9 Å². The van der Waals surface area contributed by atoms with Gasteiger partial charge >= 0.3 is 0 Å². The Morgan fingerprint density at radius 1 is 1.31 bits per heavy atom. The van der Waals surface area contributed by atoms with Gasteiger partial charge in [0.15, 0.2) is 0 Å². The van der Waals surface area contributed by atoms with Gasteiger partial charge in [0.25, 0.3) is 0 Å². The van der Waals surface area contributed by atoms with E-state index in [0.29, 0.717) is 0 Å². The first-order valence-corrected chi connectivity index (χ1v) is 5.58. The third-order valence-corrected chi connectivity index (χ3v) is 2.70. The van der Waals surface area contributed by atoms with Crippen molar-refractivity contribution in [3.63, 3.8) is 0 Å². The Morgan fingerprint density at radius 3 is 2.94 bits per heavy atom. The zero-order valence-corrected chi connectivity index (χ0v) is 9.81. The molecule has 1 aromatic heterocycles. The van der Waals surface area contributed by atoms with E-state index < -0.39 is 0 Å². The molecule has 0 N–H and O–H groups in total. The first-order chi connectivity index (χ1) is 7.83. The molecule has 0 atom stereocenters. The summed E-state index contributed by atoms with van der Waals surface area (Å²) in [4.78, 5) is 0. The van der Waals surface area contributed by atoms with Crippen LogP contribution >= 0.6 is 0 Å². The number of allylic oxidation sites excluding steroid dienone is 1. The second-order valence-electron chi connectivity index (χ2n) is 3.87. The number of hydrogen-bond acceptors (Lipinski definition) is 1. The summed E-state index contributed by atoms with van der Waals surface area (Å²) in [5.41, 5.74) is 2.63. The second-order valence-corrected chi connectivity index (χ2v) is 3.87. The fourth-order valence-electron chi connectivity index (χ4n) is 1.96. The Bertz CT molecular complexity index is 496. The van der Waals surface area contributed by atoms with E-state index in [2.05, 4.69) is 42.1 Å². The number of rotatable bonds is 4. The monoisotopic (exact) mass is 215 g/mol. The maximum atomic E-state index is 5.36. The van der Waals surface area contributed by atoms with Crippen LogP contribution in [0.4, 0.5) is 0 Å². The van der Waals surface area contributed by atoms with Crippen molar-refractivity contribution in [3.05, 3.63) is 48.4 Å². The zero-order chi connectivity index (χ0) is 11.4. The molecule has 2 heteroatoms. The number of aryl methyl sites for hydroxylation is 1. The summed E-state index contributed by atoms with van der Waals surface area (Å²) in [6, 6.07) is 8.47. The van der Waals surface area contributed by atoms with Crippen LogP contribution in [0.25, 0.3) is 10.9 Å². The van der Waals surface area contributed by atoms with E-state index in [1.807, 2.05) is 13.0 Å². The van der Waals surface area contributed by atoms with E-state index in [4.69, 9.17) is 4.74 Å². The number of para-hydroxylation sites is 1. The Kier molecular flexibility index (Phi) is 3.30. The summed E-state index contributed by atoms with van der Waals surface area (Å²) in [6.45, 7) is 2.69. The van der Waals surface area contributed by atoms with Crippen molar-refractivity contribution in [1.82, 2.24) is 4.57 Å². The van der Waals surface area contributed by atoms with Crippen LogP contribution in [0.3, 0.4) is 0 Å². The lowest BCUT2D eigenvalue weighted by Crippen LogP contribution is -1.92. The molecule has 0 aliphatic carbocycles. The molecule has 0 fully saturated rings. The number of benzene rings is 1. The minimum absolute atomic E-state index is 0.734. The fourth-order valence-corrected chi connectivity index (χ4v) is 1.96. The third-order valence-electron chi connectivity index (χ3n) is 2.70. The molecule has 0 bridgehead atoms. The predicted molar refractivity (Wildman–Crippen MR) is 67.4 cm³/mol. The van der Waals surface area contributed by atoms with E-state index >= 15 is 0 Å². The summed E-state index contributed by atoms with van der Waals surface area (Å²) in [5.74, 6) is 0. The Hall–Kier alpha value is -1.70. The first kappa shape index (κ1) is 10.8. The van der Waals surface area contributed by atoms with Crippen molar-refractivity contribution in [2.24, 2.45) is 7.05 Å². The average Bonchev–Trinajstić information content (AvgIpc) is 2.63. The number of nitrogens with zero attached hydrogens (tertiary/aromatic N) is 1. The molecule has 1 aromatic carbocycles. The van der Waals surface area contributed by atoms with Gasteiger partial charge in [-0.15, -0.1) is 0 Å². The van der Waals surface area contributed by atoms with E-state index in [0.717, 1.165) is 13.0 Å². The van der Waals surface area contributed by atoms with Crippen molar-refractivity contribution < 1.29 is 4.74 Å². The van der Waals surface area contributed by atoms with Crippen molar-refractivity contribution in [2.45, 2.75) is 13.3 Å². The van der Waals surface area contributed by atoms with Crippen molar-refractivity contribution in [2.75, 3.05) is 6.61 Å². The van der Waals surface area contributed by atoms with Gasteiger partial charge in [0.2, 0.25) is 0 Å². The third kappa shape index (κ3) is 2.11. The van der Waals surface area contributed by atoms with Crippen molar-refractivity contribution in [3.8, 4) is 0 Å². The molecule has 84 valence electrons. The van der Waals surface area contributed by atoms with Crippen LogP contribution in [0, 0.1) is 0 Å². The highest BCUT2D eigenvalue weighted by atomic mass is 16.5. The first-order valence-electron chi connectivity index (χ1n) is 5.58. The second kappa shape index (κ2) is 4.88. The van der Waals surface area contributed by atoms with Crippen molar-refractivity contribution >= 4 is 10.9 Å². The van der Waals surface area contributed by atoms with E-state index in [9.17, 15) is 0 Å². The molecule has 1 heterocycles. The topological polar surface area (TPSA) is 14.2 Å². The quantitative estimate of drug-likeness (QED) is 0.564. The molecule has 0 radical (unpaired) electrons. The van der Waals surface area contributed by atoms with Crippen LogP contribution in [0.1, 0.15) is 12.5 Å². The molecule has 0 aliphatic heterocycles. The molecule has 0 saturated heterocycles. The van der Waals surface area contributed by atoms with Crippen molar-refractivity contribution in [1.29, 1.82) is 0 Å². The smallest absolute Gasteiger partial charge is 0.0914 e. The van der Waals surface area contributed by atoms with Gasteiger partial charge in [-0.05, 0) is 18.6 Å². The molecule has 0 saturated carbocycles. The summed E-state index contributed by atoms with van der Waals surface area (Å²) >= 11 is 0. The lowest BCUT2D eigenvalue weighted by Gasteiger charge is -1.99. The number of hydrogen-bond donors (Lipinski definition) is 0. The molecule has 0 spiro atoms. The highest BCUT2D eigenvalue weighted by Crippen LogP contribution is 2.20. The Labute approximate surface area is 96.1 Å². The zero-order valence-electron chi connectivity index (χ0n) is 9.81. The van der Waals surface area contributed by atoms with Gasteiger partial charge in [0, 0.05) is 30.6 Å². The fraction of sp³-hybridized carbons (Fsp3) is 0.286. The largest absolute Gasteiger partial charge is 0.501 e. The SMILES string of the molecule is C/C=C/OCCc1cn(C)c2ccccc12. The molecule has 2 nitrogen and oxygen atoms in total. The molecular weight excluding hydrogens is 198 g/mol. The lowest BCUT2D eigenvalue weighted by molar-refractivity contribution is 0.253. The molecule has 16 heavy (non-hydrogen) atoms. The van der Waals surface area contributed by atoms with Gasteiger partial charge in [-0.3, -0.25) is 0 Å². The highest BCUT2D eigenvalue weighted by molar-refractivity contribution is 5.83. The van der Waals surface area contributed by atoms with Crippen LogP contribution in [0.15, 0.2) is 42.8 Å². The minimum atomic E-state index is 0.734. The normalized spacial score (nSPS) is 11.4. The Morgan fingerprint density at radius 2 is 2.12 bits per heavy atom. The maximum absolute atomic E-state index is 5.36. The molecule has 0 aliphatic rings. The molecule has 2 aromatic rings. The van der Waals surface area contributed by atoms with Gasteiger partial charge in [0.1, 0.15) is 0 Å². The summed E-state index contributed by atoms with van der Waals surface area (Å²) in [7, 11) is 2.08. The number of ether oxygens (including phenoxy) is 1. The lowest BCUT2D eigenvalue weighted by atomic mass is 10.1. The van der Waals surface area contributed by atoms with Crippen LogP contribution in [-0.2, 0) is 18.2 Å². The van der Waals surface area contributed by atoms with Crippen LogP contribution < -0.4 is 0 Å². The minimum Gasteiger partial charge on any atom is -0.501 e. The van der Waals surface area contributed by atoms with Gasteiger partial charge in [-0.2, -0.15) is 0 Å². The standard InChI is InChI=1S/C14H17NO/c1-3-9-16-10-8-12-11-15(2)14-7-5-4-6-13(12)14/h3-7,9,11H,8,10H2,1-2H3/b9-3+. The van der Waals surface area contributed by atoms with E-state index in [-0.39, 0.29) is 0 Å². The number of fused-ring (bicyclic) bond motifs is 1.